The van der Waals surface area contributed by atoms with E-state index in [1.165, 1.54) is 17.0 Å². The second kappa shape index (κ2) is 4.73. The van der Waals surface area contributed by atoms with Crippen LogP contribution >= 0.6 is 11.5 Å². The lowest BCUT2D eigenvalue weighted by molar-refractivity contribution is -0.696. The molecule has 0 unspecified atom stereocenters. The Bertz CT molecular complexity index is 607. The van der Waals surface area contributed by atoms with Crippen molar-refractivity contribution >= 4 is 17.5 Å². The van der Waals surface area contributed by atoms with E-state index in [1.54, 1.807) is 12.1 Å². The van der Waals surface area contributed by atoms with Crippen molar-refractivity contribution in [1.82, 2.24) is 4.49 Å². The maximum atomic E-state index is 11.6. The van der Waals surface area contributed by atoms with Crippen LogP contribution in [0.2, 0.25) is 0 Å². The Hall–Kier alpha value is -1.95. The van der Waals surface area contributed by atoms with Gasteiger partial charge in [-0.25, -0.2) is 0 Å². The third-order valence-electron chi connectivity index (χ3n) is 2.47. The van der Waals surface area contributed by atoms with E-state index < -0.39 is 0 Å². The molecule has 0 radical (unpaired) electrons. The van der Waals surface area contributed by atoms with Crippen molar-refractivity contribution in [3.63, 3.8) is 0 Å². The summed E-state index contributed by atoms with van der Waals surface area (Å²) in [6.45, 7) is 5.01. The van der Waals surface area contributed by atoms with E-state index in [1.807, 2.05) is 13.8 Å². The number of esters is 1. The van der Waals surface area contributed by atoms with Crippen LogP contribution in [-0.2, 0) is 4.79 Å². The first kappa shape index (κ1) is 12.5. The summed E-state index contributed by atoms with van der Waals surface area (Å²) in [6, 6.07) is 3.52. The van der Waals surface area contributed by atoms with Crippen molar-refractivity contribution in [2.45, 2.75) is 20.8 Å². The van der Waals surface area contributed by atoms with Gasteiger partial charge in [-0.05, 0) is 30.2 Å². The highest BCUT2D eigenvalue weighted by atomic mass is 32.1. The van der Waals surface area contributed by atoms with E-state index in [-0.39, 0.29) is 11.8 Å². The molecular formula is C12H12N2O3S. The fraction of sp³-hybridized carbons (Fsp3) is 0.250. The molecule has 0 fully saturated rings. The molecule has 18 heavy (non-hydrogen) atoms. The van der Waals surface area contributed by atoms with Crippen LogP contribution in [0, 0.1) is 13.8 Å². The molecule has 0 aliphatic heterocycles. The Labute approximate surface area is 108 Å². The second-order valence-electron chi connectivity index (χ2n) is 3.95. The Morgan fingerprint density at radius 3 is 2.67 bits per heavy atom. The molecule has 0 spiro atoms. The Morgan fingerprint density at radius 2 is 2.11 bits per heavy atom. The normalized spacial score (nSPS) is 10.4. The van der Waals surface area contributed by atoms with Gasteiger partial charge in [-0.1, -0.05) is 0 Å². The third kappa shape index (κ3) is 2.33. The van der Waals surface area contributed by atoms with Crippen molar-refractivity contribution in [2.75, 3.05) is 0 Å². The van der Waals surface area contributed by atoms with Crippen molar-refractivity contribution in [3.8, 4) is 17.3 Å². The number of carbonyl (C=O) groups is 1. The van der Waals surface area contributed by atoms with Crippen LogP contribution in [0.1, 0.15) is 18.1 Å². The molecule has 0 amide bonds. The average molecular weight is 264 g/mol. The van der Waals surface area contributed by atoms with Crippen LogP contribution in [0.25, 0.3) is 5.69 Å². The highest BCUT2D eigenvalue weighted by molar-refractivity contribution is 7.03. The molecule has 0 aliphatic rings. The number of benzene rings is 1. The van der Waals surface area contributed by atoms with E-state index >= 15 is 0 Å². The van der Waals surface area contributed by atoms with Crippen LogP contribution in [0.15, 0.2) is 17.5 Å². The van der Waals surface area contributed by atoms with Gasteiger partial charge in [-0.15, -0.1) is 0 Å². The van der Waals surface area contributed by atoms with Gasteiger partial charge in [0.1, 0.15) is 5.75 Å². The summed E-state index contributed by atoms with van der Waals surface area (Å²) in [6.07, 6.45) is 0. The fourth-order valence-electron chi connectivity index (χ4n) is 1.64. The van der Waals surface area contributed by atoms with Gasteiger partial charge in [-0.2, -0.15) is 0 Å². The van der Waals surface area contributed by atoms with Gasteiger partial charge < -0.3 is 9.84 Å². The molecule has 0 saturated heterocycles. The molecule has 0 bridgehead atoms. The molecule has 0 aliphatic carbocycles. The molecule has 2 rings (SSSR count). The Kier molecular flexibility index (Phi) is 3.29. The van der Waals surface area contributed by atoms with Gasteiger partial charge in [0, 0.05) is 30.1 Å². The predicted molar refractivity (Wildman–Crippen MR) is 63.9 cm³/mol. The number of nitrogens with zero attached hydrogens (tertiary/aromatic N) is 2. The van der Waals surface area contributed by atoms with Crippen molar-refractivity contribution in [1.29, 1.82) is 0 Å². The summed E-state index contributed by atoms with van der Waals surface area (Å²) < 4.78 is 10.4. The van der Waals surface area contributed by atoms with E-state index in [0.29, 0.717) is 11.4 Å². The number of aromatic nitrogens is 2. The van der Waals surface area contributed by atoms with Crippen molar-refractivity contribution < 1.29 is 19.3 Å². The van der Waals surface area contributed by atoms with Crippen LogP contribution in [0.4, 0.5) is 0 Å². The summed E-state index contributed by atoms with van der Waals surface area (Å²) >= 11 is 1.11. The lowest BCUT2D eigenvalue weighted by atomic mass is 10.1. The number of hydrogen-bond donors (Lipinski definition) is 0. The zero-order valence-electron chi connectivity index (χ0n) is 10.3. The summed E-state index contributed by atoms with van der Waals surface area (Å²) in [7, 11) is 0. The number of ether oxygens (including phenoxy) is 1. The summed E-state index contributed by atoms with van der Waals surface area (Å²) in [5.41, 5.74) is 2.31. The Balaban J connectivity index is 2.50. The molecule has 1 aromatic carbocycles. The number of aryl methyl sites for hydroxylation is 2. The molecule has 94 valence electrons. The van der Waals surface area contributed by atoms with Crippen molar-refractivity contribution in [3.05, 3.63) is 28.6 Å². The highest BCUT2D eigenvalue weighted by Crippen LogP contribution is 2.23. The van der Waals surface area contributed by atoms with Gasteiger partial charge in [0.25, 0.3) is 0 Å². The van der Waals surface area contributed by atoms with Crippen LogP contribution in [0.3, 0.4) is 0 Å². The predicted octanol–water partition coefficient (Wildman–Crippen LogP) is 1.04. The number of carbonyl (C=O) groups excluding carboxylic acids is 1. The SMILES string of the molecule is CC(=O)Oc1cc(C)c(-[n+]2nscc2[O-])cc1C. The fourth-order valence-corrected chi connectivity index (χ4v) is 2.14. The first-order chi connectivity index (χ1) is 8.49. The van der Waals surface area contributed by atoms with Gasteiger partial charge in [0.2, 0.25) is 5.69 Å². The van der Waals surface area contributed by atoms with Crippen LogP contribution in [0.5, 0.6) is 11.6 Å². The van der Waals surface area contributed by atoms with Crippen LogP contribution in [-0.4, -0.2) is 10.5 Å². The molecule has 1 heterocycles. The smallest absolute Gasteiger partial charge is 0.308 e. The molecule has 0 N–H and O–H groups in total. The summed E-state index contributed by atoms with van der Waals surface area (Å²) in [5.74, 6) is -0.0224. The topological polar surface area (TPSA) is 66.1 Å². The van der Waals surface area contributed by atoms with E-state index in [2.05, 4.69) is 4.49 Å². The average Bonchev–Trinajstić information content (AvgIpc) is 2.69. The van der Waals surface area contributed by atoms with Gasteiger partial charge in [0.15, 0.2) is 5.88 Å². The molecule has 1 aromatic heterocycles. The lowest BCUT2D eigenvalue weighted by Gasteiger charge is -2.07. The number of hydrogen-bond acceptors (Lipinski definition) is 5. The maximum Gasteiger partial charge on any atom is 0.308 e. The molecule has 0 atom stereocenters. The van der Waals surface area contributed by atoms with E-state index in [0.717, 1.165) is 22.7 Å². The molecular weight excluding hydrogens is 252 g/mol. The van der Waals surface area contributed by atoms with Gasteiger partial charge in [-0.3, -0.25) is 4.79 Å². The second-order valence-corrected chi connectivity index (χ2v) is 4.56. The van der Waals surface area contributed by atoms with E-state index in [9.17, 15) is 9.90 Å². The van der Waals surface area contributed by atoms with Gasteiger partial charge >= 0.3 is 5.97 Å². The van der Waals surface area contributed by atoms with Crippen molar-refractivity contribution in [2.24, 2.45) is 0 Å². The molecule has 0 saturated carbocycles. The first-order valence-electron chi connectivity index (χ1n) is 5.33. The minimum Gasteiger partial charge on any atom is -0.820 e. The number of rotatable bonds is 2. The molecule has 5 nitrogen and oxygen atoms in total. The van der Waals surface area contributed by atoms with Gasteiger partial charge in [0.05, 0.1) is 9.87 Å². The monoisotopic (exact) mass is 264 g/mol. The van der Waals surface area contributed by atoms with E-state index in [4.69, 9.17) is 4.74 Å². The largest absolute Gasteiger partial charge is 0.820 e. The van der Waals surface area contributed by atoms with Crippen LogP contribution < -0.4 is 14.5 Å². The highest BCUT2D eigenvalue weighted by Gasteiger charge is 2.17. The standard InChI is InChI=1S/C12H12N2O3S/c1-7-5-11(17-9(3)15)8(2)4-10(7)14-12(16)6-18-13-14/h4-6H,1-3H3. The molecule has 2 aromatic rings. The minimum atomic E-state index is -0.365. The minimum absolute atomic E-state index is 0.164. The quantitative estimate of drug-likeness (QED) is 0.462. The summed E-state index contributed by atoms with van der Waals surface area (Å²) in [5, 5.41) is 13.0. The lowest BCUT2D eigenvalue weighted by Crippen LogP contribution is -2.36. The maximum absolute atomic E-state index is 11.6. The molecule has 6 heteroatoms. The summed E-state index contributed by atoms with van der Waals surface area (Å²) in [4.78, 5) is 11.0. The zero-order chi connectivity index (χ0) is 13.3. The third-order valence-corrected chi connectivity index (χ3v) is 3.03. The first-order valence-corrected chi connectivity index (χ1v) is 6.16. The Morgan fingerprint density at radius 1 is 1.39 bits per heavy atom. The zero-order valence-corrected chi connectivity index (χ0v) is 11.1.